The molecular formula is C9H13ClN2O. The number of halogens is 1. The van der Waals surface area contributed by atoms with Crippen LogP contribution in [0.15, 0.2) is 12.7 Å². The van der Waals surface area contributed by atoms with Crippen molar-refractivity contribution in [2.24, 2.45) is 7.05 Å². The Morgan fingerprint density at radius 1 is 1.69 bits per heavy atom. The second-order valence-electron chi connectivity index (χ2n) is 2.78. The molecule has 1 aromatic rings. The Hall–Kier alpha value is -0.800. The van der Waals surface area contributed by atoms with Crippen molar-refractivity contribution in [3.63, 3.8) is 0 Å². The molecule has 1 aromatic heterocycles. The molecule has 4 heteroatoms. The van der Waals surface area contributed by atoms with Crippen molar-refractivity contribution < 1.29 is 4.74 Å². The molecule has 1 heterocycles. The normalized spacial score (nSPS) is 10.4. The number of nitrogens with zero attached hydrogens (tertiary/aromatic N) is 2. The van der Waals surface area contributed by atoms with Crippen LogP contribution in [0.5, 0.6) is 0 Å². The highest BCUT2D eigenvalue weighted by Gasteiger charge is 2.10. The molecule has 0 unspecified atom stereocenters. The summed E-state index contributed by atoms with van der Waals surface area (Å²) in [5, 5.41) is 4.81. The van der Waals surface area contributed by atoms with Gasteiger partial charge >= 0.3 is 0 Å². The van der Waals surface area contributed by atoms with Crippen LogP contribution in [0.2, 0.25) is 5.15 Å². The Labute approximate surface area is 83.0 Å². The van der Waals surface area contributed by atoms with E-state index in [9.17, 15) is 0 Å². The largest absolute Gasteiger partial charge is 0.373 e. The Kier molecular flexibility index (Phi) is 3.51. The Morgan fingerprint density at radius 3 is 2.85 bits per heavy atom. The molecule has 0 spiro atoms. The predicted molar refractivity (Wildman–Crippen MR) is 52.8 cm³/mol. The summed E-state index contributed by atoms with van der Waals surface area (Å²) in [6.07, 6.45) is 1.71. The van der Waals surface area contributed by atoms with Crippen molar-refractivity contribution in [1.29, 1.82) is 0 Å². The highest BCUT2D eigenvalue weighted by Crippen LogP contribution is 2.19. The van der Waals surface area contributed by atoms with Crippen LogP contribution in [0.3, 0.4) is 0 Å². The van der Waals surface area contributed by atoms with Gasteiger partial charge in [0.1, 0.15) is 5.15 Å². The lowest BCUT2D eigenvalue weighted by Crippen LogP contribution is -1.94. The van der Waals surface area contributed by atoms with E-state index in [2.05, 4.69) is 11.7 Å². The summed E-state index contributed by atoms with van der Waals surface area (Å²) in [7, 11) is 1.81. The molecule has 0 saturated heterocycles. The van der Waals surface area contributed by atoms with Crippen LogP contribution in [0.1, 0.15) is 11.3 Å². The molecule has 0 fully saturated rings. The molecule has 0 aliphatic carbocycles. The molecule has 0 saturated carbocycles. The van der Waals surface area contributed by atoms with E-state index in [4.69, 9.17) is 16.3 Å². The number of aryl methyl sites for hydroxylation is 2. The van der Waals surface area contributed by atoms with Crippen molar-refractivity contribution >= 4 is 11.6 Å². The topological polar surface area (TPSA) is 27.1 Å². The first-order valence-electron chi connectivity index (χ1n) is 4.03. The van der Waals surface area contributed by atoms with Crippen LogP contribution in [0.25, 0.3) is 0 Å². The maximum atomic E-state index is 5.99. The van der Waals surface area contributed by atoms with Gasteiger partial charge in [-0.2, -0.15) is 5.10 Å². The Bertz CT molecular complexity index is 307. The van der Waals surface area contributed by atoms with Crippen molar-refractivity contribution in [2.45, 2.75) is 13.5 Å². The molecule has 0 amide bonds. The summed E-state index contributed by atoms with van der Waals surface area (Å²) in [5.74, 6) is 0. The molecular weight excluding hydrogens is 188 g/mol. The van der Waals surface area contributed by atoms with Crippen molar-refractivity contribution in [3.8, 4) is 0 Å². The molecule has 0 aliphatic rings. The Balaban J connectivity index is 2.69. The molecule has 0 bridgehead atoms. The van der Waals surface area contributed by atoms with Crippen LogP contribution < -0.4 is 0 Å². The molecule has 0 N–H and O–H groups in total. The van der Waals surface area contributed by atoms with Crippen LogP contribution >= 0.6 is 11.6 Å². The van der Waals surface area contributed by atoms with E-state index in [-0.39, 0.29) is 0 Å². The van der Waals surface area contributed by atoms with Gasteiger partial charge < -0.3 is 4.74 Å². The fourth-order valence-electron chi connectivity index (χ4n) is 1.08. The lowest BCUT2D eigenvalue weighted by molar-refractivity contribution is 0.148. The van der Waals surface area contributed by atoms with E-state index < -0.39 is 0 Å². The second kappa shape index (κ2) is 4.44. The molecule has 3 nitrogen and oxygen atoms in total. The minimum absolute atomic E-state index is 0.491. The van der Waals surface area contributed by atoms with Crippen molar-refractivity contribution in [1.82, 2.24) is 9.78 Å². The zero-order valence-electron chi connectivity index (χ0n) is 7.88. The zero-order valence-corrected chi connectivity index (χ0v) is 8.64. The average molecular weight is 201 g/mol. The predicted octanol–water partition coefficient (Wildman–Crippen LogP) is 2.08. The van der Waals surface area contributed by atoms with Gasteiger partial charge in [0.05, 0.1) is 18.9 Å². The van der Waals surface area contributed by atoms with Crippen LogP contribution in [0, 0.1) is 6.92 Å². The molecule has 1 rings (SSSR count). The maximum absolute atomic E-state index is 5.99. The van der Waals surface area contributed by atoms with Gasteiger partial charge in [-0.15, -0.1) is 6.58 Å². The number of hydrogen-bond donors (Lipinski definition) is 0. The quantitative estimate of drug-likeness (QED) is 0.550. The van der Waals surface area contributed by atoms with Gasteiger partial charge in [0.25, 0.3) is 0 Å². The van der Waals surface area contributed by atoms with Crippen molar-refractivity contribution in [3.05, 3.63) is 29.1 Å². The lowest BCUT2D eigenvalue weighted by Gasteiger charge is -2.00. The highest BCUT2D eigenvalue weighted by molar-refractivity contribution is 6.30. The minimum atomic E-state index is 0.491. The first-order valence-corrected chi connectivity index (χ1v) is 4.41. The van der Waals surface area contributed by atoms with E-state index in [1.54, 1.807) is 10.8 Å². The lowest BCUT2D eigenvalue weighted by atomic mass is 10.3. The summed E-state index contributed by atoms with van der Waals surface area (Å²) in [6.45, 7) is 6.50. The van der Waals surface area contributed by atoms with Gasteiger partial charge in [-0.3, -0.25) is 4.68 Å². The fourth-order valence-corrected chi connectivity index (χ4v) is 1.31. The number of aromatic nitrogens is 2. The maximum Gasteiger partial charge on any atom is 0.132 e. The first kappa shape index (κ1) is 10.3. The van der Waals surface area contributed by atoms with Crippen molar-refractivity contribution in [2.75, 3.05) is 6.61 Å². The van der Waals surface area contributed by atoms with E-state index >= 15 is 0 Å². The standard InChI is InChI=1S/C9H13ClN2O/c1-4-5-13-6-8-7(2)11-12(3)9(8)10/h4H,1,5-6H2,2-3H3. The van der Waals surface area contributed by atoms with Gasteiger partial charge in [0.2, 0.25) is 0 Å². The van der Waals surface area contributed by atoms with Gasteiger partial charge in [-0.05, 0) is 6.92 Å². The summed E-state index contributed by atoms with van der Waals surface area (Å²) in [5.41, 5.74) is 1.86. The zero-order chi connectivity index (χ0) is 9.84. The molecule has 0 aromatic carbocycles. The average Bonchev–Trinajstić information content (AvgIpc) is 2.32. The Morgan fingerprint density at radius 2 is 2.38 bits per heavy atom. The SMILES string of the molecule is C=CCOCc1c(C)nn(C)c1Cl. The van der Waals surface area contributed by atoms with E-state index in [0.29, 0.717) is 18.4 Å². The fraction of sp³-hybridized carbons (Fsp3) is 0.444. The molecule has 72 valence electrons. The van der Waals surface area contributed by atoms with Gasteiger partial charge in [-0.1, -0.05) is 17.7 Å². The van der Waals surface area contributed by atoms with Gasteiger partial charge in [0, 0.05) is 12.6 Å². The smallest absolute Gasteiger partial charge is 0.132 e. The third kappa shape index (κ3) is 2.32. The van der Waals surface area contributed by atoms with Gasteiger partial charge in [-0.25, -0.2) is 0 Å². The molecule has 0 atom stereocenters. The summed E-state index contributed by atoms with van der Waals surface area (Å²) < 4.78 is 6.93. The molecule has 13 heavy (non-hydrogen) atoms. The summed E-state index contributed by atoms with van der Waals surface area (Å²) >= 11 is 5.99. The monoisotopic (exact) mass is 200 g/mol. The number of ether oxygens (including phenoxy) is 1. The summed E-state index contributed by atoms with van der Waals surface area (Å²) in [4.78, 5) is 0. The van der Waals surface area contributed by atoms with Crippen LogP contribution in [-0.2, 0) is 18.4 Å². The molecule has 0 aliphatic heterocycles. The summed E-state index contributed by atoms with van der Waals surface area (Å²) in [6, 6.07) is 0. The second-order valence-corrected chi connectivity index (χ2v) is 3.14. The minimum Gasteiger partial charge on any atom is -0.373 e. The van der Waals surface area contributed by atoms with E-state index in [1.165, 1.54) is 0 Å². The number of hydrogen-bond acceptors (Lipinski definition) is 2. The van der Waals surface area contributed by atoms with Crippen LogP contribution in [-0.4, -0.2) is 16.4 Å². The van der Waals surface area contributed by atoms with E-state index in [0.717, 1.165) is 11.3 Å². The van der Waals surface area contributed by atoms with Crippen LogP contribution in [0.4, 0.5) is 0 Å². The van der Waals surface area contributed by atoms with Gasteiger partial charge in [0.15, 0.2) is 0 Å². The molecule has 0 radical (unpaired) electrons. The van der Waals surface area contributed by atoms with E-state index in [1.807, 2.05) is 14.0 Å². The first-order chi connectivity index (χ1) is 6.16. The number of rotatable bonds is 4. The highest BCUT2D eigenvalue weighted by atomic mass is 35.5. The third-order valence-corrected chi connectivity index (χ3v) is 2.22. The third-order valence-electron chi connectivity index (χ3n) is 1.75.